The van der Waals surface area contributed by atoms with Crippen molar-refractivity contribution in [2.24, 2.45) is 7.05 Å². The molecule has 3 N–H and O–H groups in total. The van der Waals surface area contributed by atoms with Gasteiger partial charge in [0.05, 0.1) is 11.4 Å². The van der Waals surface area contributed by atoms with E-state index in [9.17, 15) is 0 Å². The number of nitrogens with two attached hydrogens (primary N) is 1. The van der Waals surface area contributed by atoms with Gasteiger partial charge in [0.15, 0.2) is 0 Å². The fraction of sp³-hybridized carbons (Fsp3) is 0.462. The molecule has 0 aliphatic rings. The van der Waals surface area contributed by atoms with Crippen LogP contribution >= 0.6 is 11.3 Å². The summed E-state index contributed by atoms with van der Waals surface area (Å²) < 4.78 is 1.84. The third-order valence-electron chi connectivity index (χ3n) is 2.93. The highest BCUT2D eigenvalue weighted by molar-refractivity contribution is 7.07. The third-order valence-corrected chi connectivity index (χ3v) is 3.67. The van der Waals surface area contributed by atoms with Crippen LogP contribution in [0.25, 0.3) is 0 Å². The Bertz CT molecular complexity index is 487. The molecule has 2 heterocycles. The standard InChI is InChI=1S/C13H20N4S/c1-3-4-11-12(14)13(17(2)16-11)15-7-5-10-6-8-18-9-10/h6,8-9,15H,3-5,7,14H2,1-2H3. The van der Waals surface area contributed by atoms with Gasteiger partial charge in [-0.15, -0.1) is 0 Å². The number of hydrogen-bond acceptors (Lipinski definition) is 4. The molecule has 2 rings (SSSR count). The van der Waals surface area contributed by atoms with E-state index in [-0.39, 0.29) is 0 Å². The first-order valence-electron chi connectivity index (χ1n) is 6.28. The van der Waals surface area contributed by atoms with E-state index in [0.717, 1.165) is 43.0 Å². The number of hydrogen-bond donors (Lipinski definition) is 2. The number of anilines is 2. The lowest BCUT2D eigenvalue weighted by molar-refractivity contribution is 0.734. The monoisotopic (exact) mass is 264 g/mol. The lowest BCUT2D eigenvalue weighted by Crippen LogP contribution is -2.09. The summed E-state index contributed by atoms with van der Waals surface area (Å²) in [6.07, 6.45) is 3.01. The SMILES string of the molecule is CCCc1nn(C)c(NCCc2ccsc2)c1N. The number of aryl methyl sites for hydroxylation is 2. The zero-order chi connectivity index (χ0) is 13.0. The second-order valence-electron chi connectivity index (χ2n) is 4.39. The Morgan fingerprint density at radius 3 is 2.94 bits per heavy atom. The van der Waals surface area contributed by atoms with Gasteiger partial charge in [-0.25, -0.2) is 0 Å². The number of nitrogen functional groups attached to an aromatic ring is 1. The van der Waals surface area contributed by atoms with Crippen molar-refractivity contribution in [2.75, 3.05) is 17.6 Å². The van der Waals surface area contributed by atoms with Crippen LogP contribution in [0.2, 0.25) is 0 Å². The first-order chi connectivity index (χ1) is 8.72. The van der Waals surface area contributed by atoms with Gasteiger partial charge in [-0.2, -0.15) is 16.4 Å². The summed E-state index contributed by atoms with van der Waals surface area (Å²) in [4.78, 5) is 0. The van der Waals surface area contributed by atoms with Gasteiger partial charge in [-0.3, -0.25) is 4.68 Å². The van der Waals surface area contributed by atoms with E-state index in [4.69, 9.17) is 5.73 Å². The van der Waals surface area contributed by atoms with Crippen molar-refractivity contribution in [1.29, 1.82) is 0 Å². The molecule has 0 spiro atoms. The van der Waals surface area contributed by atoms with Gasteiger partial charge in [0.2, 0.25) is 0 Å². The highest BCUT2D eigenvalue weighted by Crippen LogP contribution is 2.22. The zero-order valence-corrected chi connectivity index (χ0v) is 11.8. The van der Waals surface area contributed by atoms with E-state index in [1.54, 1.807) is 11.3 Å². The van der Waals surface area contributed by atoms with Crippen molar-refractivity contribution >= 4 is 22.8 Å². The molecule has 0 aliphatic heterocycles. The number of nitrogens with one attached hydrogen (secondary N) is 1. The number of aromatic nitrogens is 2. The quantitative estimate of drug-likeness (QED) is 0.843. The fourth-order valence-electron chi connectivity index (χ4n) is 1.99. The first kappa shape index (κ1) is 13.0. The summed E-state index contributed by atoms with van der Waals surface area (Å²) in [5.74, 6) is 0.939. The Morgan fingerprint density at radius 1 is 1.44 bits per heavy atom. The van der Waals surface area contributed by atoms with Crippen LogP contribution in [0, 0.1) is 0 Å². The van der Waals surface area contributed by atoms with Crippen LogP contribution in [0.5, 0.6) is 0 Å². The summed E-state index contributed by atoms with van der Waals surface area (Å²) in [6.45, 7) is 3.02. The number of nitrogens with zero attached hydrogens (tertiary/aromatic N) is 2. The van der Waals surface area contributed by atoms with Crippen molar-refractivity contribution in [3.8, 4) is 0 Å². The average Bonchev–Trinajstić information content (AvgIpc) is 2.93. The molecule has 18 heavy (non-hydrogen) atoms. The summed E-state index contributed by atoms with van der Waals surface area (Å²) in [6, 6.07) is 2.15. The molecule has 5 heteroatoms. The molecular weight excluding hydrogens is 244 g/mol. The first-order valence-corrected chi connectivity index (χ1v) is 7.23. The molecule has 0 radical (unpaired) electrons. The van der Waals surface area contributed by atoms with Crippen molar-refractivity contribution in [1.82, 2.24) is 9.78 Å². The Hall–Kier alpha value is -1.49. The molecule has 0 saturated carbocycles. The Morgan fingerprint density at radius 2 is 2.28 bits per heavy atom. The van der Waals surface area contributed by atoms with Gasteiger partial charge in [-0.05, 0) is 35.2 Å². The van der Waals surface area contributed by atoms with E-state index >= 15 is 0 Å². The normalized spacial score (nSPS) is 10.8. The highest BCUT2D eigenvalue weighted by Gasteiger charge is 2.11. The van der Waals surface area contributed by atoms with Gasteiger partial charge < -0.3 is 11.1 Å². The van der Waals surface area contributed by atoms with Crippen LogP contribution in [-0.4, -0.2) is 16.3 Å². The fourth-order valence-corrected chi connectivity index (χ4v) is 2.69. The van der Waals surface area contributed by atoms with Crippen molar-refractivity contribution < 1.29 is 0 Å². The molecule has 2 aromatic rings. The number of rotatable bonds is 6. The van der Waals surface area contributed by atoms with Crippen LogP contribution < -0.4 is 11.1 Å². The Kier molecular flexibility index (Phi) is 4.25. The van der Waals surface area contributed by atoms with Gasteiger partial charge >= 0.3 is 0 Å². The van der Waals surface area contributed by atoms with Crippen LogP contribution in [0.1, 0.15) is 24.6 Å². The third kappa shape index (κ3) is 2.85. The van der Waals surface area contributed by atoms with E-state index in [1.165, 1.54) is 5.56 Å². The van der Waals surface area contributed by atoms with Crippen LogP contribution in [0.3, 0.4) is 0 Å². The van der Waals surface area contributed by atoms with Crippen molar-refractivity contribution in [3.63, 3.8) is 0 Å². The van der Waals surface area contributed by atoms with Crippen LogP contribution in [0.4, 0.5) is 11.5 Å². The molecule has 0 unspecified atom stereocenters. The lowest BCUT2D eigenvalue weighted by Gasteiger charge is -2.06. The van der Waals surface area contributed by atoms with Crippen molar-refractivity contribution in [3.05, 3.63) is 28.1 Å². The largest absolute Gasteiger partial charge is 0.394 e. The lowest BCUT2D eigenvalue weighted by atomic mass is 10.2. The molecule has 0 aliphatic carbocycles. The molecular formula is C13H20N4S. The average molecular weight is 264 g/mol. The second kappa shape index (κ2) is 5.91. The number of thiophene rings is 1. The van der Waals surface area contributed by atoms with E-state index in [1.807, 2.05) is 11.7 Å². The van der Waals surface area contributed by atoms with E-state index < -0.39 is 0 Å². The zero-order valence-electron chi connectivity index (χ0n) is 10.9. The maximum absolute atomic E-state index is 6.11. The second-order valence-corrected chi connectivity index (χ2v) is 5.17. The predicted octanol–water partition coefficient (Wildman–Crippen LogP) is 2.67. The molecule has 0 atom stereocenters. The highest BCUT2D eigenvalue weighted by atomic mass is 32.1. The van der Waals surface area contributed by atoms with Crippen molar-refractivity contribution in [2.45, 2.75) is 26.2 Å². The minimum atomic E-state index is 0.796. The topological polar surface area (TPSA) is 55.9 Å². The minimum Gasteiger partial charge on any atom is -0.394 e. The molecule has 0 fully saturated rings. The molecule has 98 valence electrons. The minimum absolute atomic E-state index is 0.796. The molecule has 2 aromatic heterocycles. The smallest absolute Gasteiger partial charge is 0.147 e. The van der Waals surface area contributed by atoms with Gasteiger partial charge in [0.1, 0.15) is 5.82 Å². The Balaban J connectivity index is 1.96. The molecule has 0 amide bonds. The molecule has 0 saturated heterocycles. The van der Waals surface area contributed by atoms with E-state index in [2.05, 4.69) is 34.2 Å². The van der Waals surface area contributed by atoms with Gasteiger partial charge in [0.25, 0.3) is 0 Å². The van der Waals surface area contributed by atoms with Gasteiger partial charge in [-0.1, -0.05) is 13.3 Å². The summed E-state index contributed by atoms with van der Waals surface area (Å²) >= 11 is 1.73. The Labute approximate surface area is 112 Å². The van der Waals surface area contributed by atoms with Crippen LogP contribution in [0.15, 0.2) is 16.8 Å². The molecule has 0 bridgehead atoms. The van der Waals surface area contributed by atoms with Gasteiger partial charge in [0, 0.05) is 13.6 Å². The molecule has 4 nitrogen and oxygen atoms in total. The molecule has 0 aromatic carbocycles. The van der Waals surface area contributed by atoms with E-state index in [0.29, 0.717) is 0 Å². The summed E-state index contributed by atoms with van der Waals surface area (Å²) in [5.41, 5.74) is 9.26. The summed E-state index contributed by atoms with van der Waals surface area (Å²) in [5, 5.41) is 12.1. The maximum Gasteiger partial charge on any atom is 0.147 e. The summed E-state index contributed by atoms with van der Waals surface area (Å²) in [7, 11) is 1.93. The maximum atomic E-state index is 6.11. The predicted molar refractivity (Wildman–Crippen MR) is 78.1 cm³/mol. The van der Waals surface area contributed by atoms with Crippen LogP contribution in [-0.2, 0) is 19.9 Å².